The first-order chi connectivity index (χ1) is 28.6. The van der Waals surface area contributed by atoms with Crippen LogP contribution >= 0.6 is 0 Å². The van der Waals surface area contributed by atoms with E-state index >= 15 is 0 Å². The average molecular weight is 765 g/mol. The van der Waals surface area contributed by atoms with Crippen LogP contribution in [0.1, 0.15) is 72.2 Å². The lowest BCUT2D eigenvalue weighted by Crippen LogP contribution is -2.28. The number of nitrogens with zero attached hydrogens (tertiary/aromatic N) is 2. The second-order valence-corrected chi connectivity index (χ2v) is 17.3. The fraction of sp³-hybridized carbons (Fsp3) is 0.164. The van der Waals surface area contributed by atoms with Gasteiger partial charge in [0.15, 0.2) is 0 Å². The van der Waals surface area contributed by atoms with Gasteiger partial charge in [0.25, 0.3) is 0 Å². The van der Waals surface area contributed by atoms with Gasteiger partial charge >= 0.3 is 0 Å². The van der Waals surface area contributed by atoms with Crippen LogP contribution in [0, 0.1) is 0 Å². The van der Waals surface area contributed by atoms with E-state index in [1.54, 1.807) is 14.2 Å². The van der Waals surface area contributed by atoms with Crippen LogP contribution in [0.15, 0.2) is 158 Å². The minimum Gasteiger partial charge on any atom is -0.497 e. The molecule has 0 unspecified atom stereocenters. The first kappa shape index (κ1) is 35.4. The maximum absolute atomic E-state index is 5.66. The Balaban J connectivity index is 1.14. The molecule has 8 aromatic rings. The maximum Gasteiger partial charge on any atom is 0.118 e. The molecule has 286 valence electrons. The van der Waals surface area contributed by atoms with Crippen LogP contribution in [-0.2, 0) is 16.2 Å². The summed E-state index contributed by atoms with van der Waals surface area (Å²) in [7, 11) is 3.42. The smallest absolute Gasteiger partial charge is 0.118 e. The van der Waals surface area contributed by atoms with Crippen molar-refractivity contribution >= 4 is 0 Å². The van der Waals surface area contributed by atoms with E-state index in [1.165, 1.54) is 44.5 Å². The molecular formula is C55H44N2O2. The van der Waals surface area contributed by atoms with Crippen LogP contribution in [0.2, 0.25) is 0 Å². The summed E-state index contributed by atoms with van der Waals surface area (Å²) in [6, 6.07) is 57.3. The predicted molar refractivity (Wildman–Crippen MR) is 238 cm³/mol. The van der Waals surface area contributed by atoms with Crippen LogP contribution < -0.4 is 9.47 Å². The summed E-state index contributed by atoms with van der Waals surface area (Å²) in [4.78, 5) is 11.3. The molecule has 59 heavy (non-hydrogen) atoms. The molecule has 0 saturated heterocycles. The van der Waals surface area contributed by atoms with Crippen molar-refractivity contribution in [2.75, 3.05) is 14.2 Å². The summed E-state index contributed by atoms with van der Waals surface area (Å²) in [5, 5.41) is 0. The molecule has 4 nitrogen and oxygen atoms in total. The number of methoxy groups -OCH3 is 2. The van der Waals surface area contributed by atoms with E-state index in [-0.39, 0.29) is 10.8 Å². The zero-order chi connectivity index (χ0) is 40.3. The summed E-state index contributed by atoms with van der Waals surface area (Å²) < 4.78 is 11.3. The lowest BCUT2D eigenvalue weighted by atomic mass is 9.68. The van der Waals surface area contributed by atoms with Gasteiger partial charge in [-0.2, -0.15) is 0 Å². The Hall–Kier alpha value is -6.78. The highest BCUT2D eigenvalue weighted by Crippen LogP contribution is 2.57. The van der Waals surface area contributed by atoms with Gasteiger partial charge in [0.2, 0.25) is 0 Å². The quantitative estimate of drug-likeness (QED) is 0.169. The largest absolute Gasteiger partial charge is 0.497 e. The van der Waals surface area contributed by atoms with Gasteiger partial charge in [0, 0.05) is 22.0 Å². The van der Waals surface area contributed by atoms with E-state index < -0.39 is 5.41 Å². The van der Waals surface area contributed by atoms with Gasteiger partial charge in [-0.3, -0.25) is 0 Å². The molecular weight excluding hydrogens is 721 g/mol. The minimum absolute atomic E-state index is 0.120. The minimum atomic E-state index is -0.705. The molecule has 0 fully saturated rings. The highest BCUT2D eigenvalue weighted by Gasteiger charge is 2.48. The third kappa shape index (κ3) is 4.89. The van der Waals surface area contributed by atoms with Crippen molar-refractivity contribution in [3.8, 4) is 67.7 Å². The molecule has 0 atom stereocenters. The van der Waals surface area contributed by atoms with Crippen LogP contribution in [0.3, 0.4) is 0 Å². The first-order valence-corrected chi connectivity index (χ1v) is 20.5. The van der Waals surface area contributed by atoms with E-state index in [4.69, 9.17) is 19.4 Å². The number of hydrogen-bond donors (Lipinski definition) is 0. The topological polar surface area (TPSA) is 44.2 Å². The van der Waals surface area contributed by atoms with Gasteiger partial charge in [-0.05, 0) is 115 Å². The SMILES string of the molecule is COc1ccc(C2(c3ccc(OC)cc3)c3ccc(-c4ccc5c(c4)C(C)(C)c4ccccc4-5)nc3-c3nc(-c4ccc5c(c4)C(C)(C)c4ccccc4-5)ccc32)cc1. The van der Waals surface area contributed by atoms with Gasteiger partial charge in [-0.1, -0.05) is 137 Å². The second kappa shape index (κ2) is 12.6. The number of aromatic nitrogens is 2. The standard InChI is InChI=1S/C55H44N2O2/c1-53(2)43-13-9-7-11-39(43)41-25-15-33(31-47(41)53)49-29-27-45-51(56-49)52-46(55(45,35-17-21-37(58-5)22-18-35)36-19-23-38(59-6)24-20-36)28-30-50(57-52)34-16-26-42-40-12-8-10-14-44(40)54(3,4)48(42)32-34/h7-32H,1-6H3. The van der Waals surface area contributed by atoms with E-state index in [9.17, 15) is 0 Å². The molecule has 0 N–H and O–H groups in total. The van der Waals surface area contributed by atoms with Crippen molar-refractivity contribution in [2.24, 2.45) is 0 Å². The van der Waals surface area contributed by atoms with Crippen LogP contribution in [0.4, 0.5) is 0 Å². The summed E-state index contributed by atoms with van der Waals surface area (Å²) in [6.07, 6.45) is 0. The molecule has 0 spiro atoms. The third-order valence-electron chi connectivity index (χ3n) is 13.6. The van der Waals surface area contributed by atoms with Crippen LogP contribution in [0.25, 0.3) is 56.2 Å². The monoisotopic (exact) mass is 764 g/mol. The summed E-state index contributed by atoms with van der Waals surface area (Å²) in [6.45, 7) is 9.32. The Morgan fingerprint density at radius 3 is 1.17 bits per heavy atom. The molecule has 0 radical (unpaired) electrons. The van der Waals surface area contributed by atoms with Gasteiger partial charge < -0.3 is 9.47 Å². The van der Waals surface area contributed by atoms with Gasteiger partial charge in [0.1, 0.15) is 11.5 Å². The van der Waals surface area contributed by atoms with Gasteiger partial charge in [-0.25, -0.2) is 9.97 Å². The van der Waals surface area contributed by atoms with Crippen LogP contribution in [-0.4, -0.2) is 24.2 Å². The lowest BCUT2D eigenvalue weighted by Gasteiger charge is -2.33. The van der Waals surface area contributed by atoms with Crippen molar-refractivity contribution < 1.29 is 9.47 Å². The number of benzene rings is 6. The molecule has 4 heteroatoms. The normalized spacial score (nSPS) is 15.4. The zero-order valence-electron chi connectivity index (χ0n) is 34.2. The number of ether oxygens (including phenoxy) is 2. The molecule has 3 aliphatic carbocycles. The van der Waals surface area contributed by atoms with Gasteiger partial charge in [-0.15, -0.1) is 0 Å². The van der Waals surface area contributed by atoms with E-state index in [0.29, 0.717) is 0 Å². The lowest BCUT2D eigenvalue weighted by molar-refractivity contribution is 0.414. The molecule has 0 amide bonds. The number of rotatable bonds is 6. The Morgan fingerprint density at radius 1 is 0.373 bits per heavy atom. The zero-order valence-corrected chi connectivity index (χ0v) is 34.2. The molecule has 11 rings (SSSR count). The Morgan fingerprint density at radius 2 is 0.763 bits per heavy atom. The summed E-state index contributed by atoms with van der Waals surface area (Å²) >= 11 is 0. The van der Waals surface area contributed by atoms with E-state index in [2.05, 4.69) is 185 Å². The number of pyridine rings is 2. The van der Waals surface area contributed by atoms with Crippen LogP contribution in [0.5, 0.6) is 11.5 Å². The Bertz CT molecular complexity index is 2810. The molecule has 0 bridgehead atoms. The fourth-order valence-corrected chi connectivity index (χ4v) is 10.5. The third-order valence-corrected chi connectivity index (χ3v) is 13.6. The number of hydrogen-bond acceptors (Lipinski definition) is 4. The van der Waals surface area contributed by atoms with Crippen molar-refractivity contribution in [3.05, 3.63) is 202 Å². The molecule has 0 saturated carbocycles. The van der Waals surface area contributed by atoms with Crippen molar-refractivity contribution in [1.82, 2.24) is 9.97 Å². The molecule has 2 aromatic heterocycles. The van der Waals surface area contributed by atoms with Crippen molar-refractivity contribution in [2.45, 2.75) is 43.9 Å². The molecule has 0 aliphatic heterocycles. The highest BCUT2D eigenvalue weighted by molar-refractivity contribution is 5.88. The predicted octanol–water partition coefficient (Wildman–Crippen LogP) is 12.8. The first-order valence-electron chi connectivity index (χ1n) is 20.5. The Kier molecular flexibility index (Phi) is 7.56. The van der Waals surface area contributed by atoms with E-state index in [0.717, 1.165) is 67.7 Å². The average Bonchev–Trinajstić information content (AvgIpc) is 3.80. The molecule has 6 aromatic carbocycles. The fourth-order valence-electron chi connectivity index (χ4n) is 10.5. The molecule has 3 aliphatic rings. The van der Waals surface area contributed by atoms with Gasteiger partial charge in [0.05, 0.1) is 42.4 Å². The highest BCUT2D eigenvalue weighted by atomic mass is 16.5. The van der Waals surface area contributed by atoms with Crippen molar-refractivity contribution in [3.63, 3.8) is 0 Å². The van der Waals surface area contributed by atoms with Crippen molar-refractivity contribution in [1.29, 1.82) is 0 Å². The summed E-state index contributed by atoms with van der Waals surface area (Å²) in [5.74, 6) is 1.62. The maximum atomic E-state index is 5.66. The molecule has 2 heterocycles. The summed E-state index contributed by atoms with van der Waals surface area (Å²) in [5.41, 5.74) is 19.9. The number of fused-ring (bicyclic) bond motifs is 9. The van der Waals surface area contributed by atoms with E-state index in [1.807, 2.05) is 0 Å². The second-order valence-electron chi connectivity index (χ2n) is 17.3. The Labute approximate surface area is 346 Å².